The average molecular weight is 322 g/mol. The fourth-order valence-electron chi connectivity index (χ4n) is 1.98. The van der Waals surface area contributed by atoms with Crippen molar-refractivity contribution in [2.75, 3.05) is 6.54 Å². The highest BCUT2D eigenvalue weighted by molar-refractivity contribution is 9.10. The molecule has 1 aromatic heterocycles. The molecule has 1 fully saturated rings. The molecule has 1 N–H and O–H groups in total. The van der Waals surface area contributed by atoms with Crippen LogP contribution in [0.5, 0.6) is 0 Å². The molecule has 0 atom stereocenters. The van der Waals surface area contributed by atoms with E-state index in [2.05, 4.69) is 31.4 Å². The van der Waals surface area contributed by atoms with Gasteiger partial charge in [0, 0.05) is 4.47 Å². The van der Waals surface area contributed by atoms with Crippen molar-refractivity contribution < 1.29 is 4.42 Å². The van der Waals surface area contributed by atoms with Crippen molar-refractivity contribution in [3.05, 3.63) is 34.6 Å². The van der Waals surface area contributed by atoms with Crippen LogP contribution in [0.1, 0.15) is 25.2 Å². The van der Waals surface area contributed by atoms with E-state index < -0.39 is 0 Å². The maximum absolute atomic E-state index is 5.66. The van der Waals surface area contributed by atoms with Gasteiger partial charge in [-0.1, -0.05) is 25.0 Å². The Morgan fingerprint density at radius 2 is 2.11 bits per heavy atom. The number of halogens is 1. The van der Waals surface area contributed by atoms with E-state index in [1.165, 1.54) is 19.3 Å². The second-order valence-electron chi connectivity index (χ2n) is 4.89. The predicted octanol–water partition coefficient (Wildman–Crippen LogP) is 3.39. The van der Waals surface area contributed by atoms with Crippen LogP contribution in [0, 0.1) is 5.92 Å². The zero-order valence-electron chi connectivity index (χ0n) is 10.6. The normalized spacial score (nSPS) is 14.8. The van der Waals surface area contributed by atoms with E-state index in [4.69, 9.17) is 4.42 Å². The maximum Gasteiger partial charge on any atom is 0.248 e. The molecule has 3 rings (SSSR count). The minimum atomic E-state index is 0.562. The molecule has 1 heterocycles. The van der Waals surface area contributed by atoms with Gasteiger partial charge in [0.1, 0.15) is 0 Å². The van der Waals surface area contributed by atoms with Gasteiger partial charge >= 0.3 is 0 Å². The van der Waals surface area contributed by atoms with Crippen LogP contribution in [0.4, 0.5) is 0 Å². The second kappa shape index (κ2) is 5.84. The molecule has 100 valence electrons. The van der Waals surface area contributed by atoms with Gasteiger partial charge in [0.15, 0.2) is 0 Å². The van der Waals surface area contributed by atoms with Crippen molar-refractivity contribution in [3.8, 4) is 11.5 Å². The summed E-state index contributed by atoms with van der Waals surface area (Å²) in [5.74, 6) is 2.15. The lowest BCUT2D eigenvalue weighted by Gasteiger charge is -2.00. The zero-order valence-corrected chi connectivity index (χ0v) is 12.2. The lowest BCUT2D eigenvalue weighted by atomic mass is 10.2. The van der Waals surface area contributed by atoms with Crippen LogP contribution in [0.15, 0.2) is 33.2 Å². The standard InChI is InChI=1S/C14H16BrN3O/c15-12-4-2-1-3-11(12)14-18-17-13(19-14)9-16-8-7-10-5-6-10/h1-4,10,16H,5-9H2. The number of nitrogens with zero attached hydrogens (tertiary/aromatic N) is 2. The molecule has 0 radical (unpaired) electrons. The Bertz CT molecular complexity index is 551. The lowest BCUT2D eigenvalue weighted by Crippen LogP contribution is -2.15. The Kier molecular flexibility index (Phi) is 3.94. The van der Waals surface area contributed by atoms with Crippen LogP contribution in [-0.4, -0.2) is 16.7 Å². The topological polar surface area (TPSA) is 51.0 Å². The second-order valence-corrected chi connectivity index (χ2v) is 5.74. The van der Waals surface area contributed by atoms with Crippen LogP contribution >= 0.6 is 15.9 Å². The molecule has 0 unspecified atom stereocenters. The van der Waals surface area contributed by atoms with Gasteiger partial charge in [-0.2, -0.15) is 0 Å². The van der Waals surface area contributed by atoms with Crippen LogP contribution in [0.2, 0.25) is 0 Å². The third kappa shape index (κ3) is 3.42. The van der Waals surface area contributed by atoms with E-state index in [1.54, 1.807) is 0 Å². The molecule has 1 aliphatic rings. The molecule has 0 aliphatic heterocycles. The first-order chi connectivity index (χ1) is 9.33. The Morgan fingerprint density at radius 1 is 1.26 bits per heavy atom. The number of rotatable bonds is 6. The summed E-state index contributed by atoms with van der Waals surface area (Å²) >= 11 is 3.49. The van der Waals surface area contributed by atoms with Crippen LogP contribution < -0.4 is 5.32 Å². The Balaban J connectivity index is 1.57. The van der Waals surface area contributed by atoms with Crippen LogP contribution in [-0.2, 0) is 6.54 Å². The maximum atomic E-state index is 5.66. The molecule has 0 amide bonds. The monoisotopic (exact) mass is 321 g/mol. The van der Waals surface area contributed by atoms with Gasteiger partial charge in [-0.15, -0.1) is 10.2 Å². The van der Waals surface area contributed by atoms with Crippen molar-refractivity contribution in [2.24, 2.45) is 5.92 Å². The Morgan fingerprint density at radius 3 is 2.89 bits per heavy atom. The Hall–Kier alpha value is -1.20. The number of nitrogens with one attached hydrogen (secondary N) is 1. The fourth-order valence-corrected chi connectivity index (χ4v) is 2.43. The minimum Gasteiger partial charge on any atom is -0.419 e. The van der Waals surface area contributed by atoms with E-state index in [9.17, 15) is 0 Å². The van der Waals surface area contributed by atoms with Crippen molar-refractivity contribution in [3.63, 3.8) is 0 Å². The predicted molar refractivity (Wildman–Crippen MR) is 76.5 cm³/mol. The molecule has 1 aliphatic carbocycles. The summed E-state index contributed by atoms with van der Waals surface area (Å²) < 4.78 is 6.62. The number of aromatic nitrogens is 2. The van der Waals surface area contributed by atoms with Crippen molar-refractivity contribution in [2.45, 2.75) is 25.8 Å². The molecular weight excluding hydrogens is 306 g/mol. The third-order valence-corrected chi connectivity index (χ3v) is 3.97. The van der Waals surface area contributed by atoms with E-state index in [0.29, 0.717) is 18.3 Å². The number of benzene rings is 1. The summed E-state index contributed by atoms with van der Waals surface area (Å²) in [6.45, 7) is 1.67. The first kappa shape index (κ1) is 12.8. The molecule has 5 heteroatoms. The molecule has 1 saturated carbocycles. The molecule has 19 heavy (non-hydrogen) atoms. The Labute approximate surface area is 120 Å². The van der Waals surface area contributed by atoms with Crippen molar-refractivity contribution in [1.82, 2.24) is 15.5 Å². The summed E-state index contributed by atoms with van der Waals surface area (Å²) in [6.07, 6.45) is 4.05. The SMILES string of the molecule is Brc1ccccc1-c1nnc(CNCCC2CC2)o1. The highest BCUT2D eigenvalue weighted by atomic mass is 79.9. The summed E-state index contributed by atoms with van der Waals surface area (Å²) in [6, 6.07) is 7.84. The fraction of sp³-hybridized carbons (Fsp3) is 0.429. The molecular formula is C14H16BrN3O. The van der Waals surface area contributed by atoms with E-state index in [0.717, 1.165) is 22.5 Å². The number of hydrogen-bond donors (Lipinski definition) is 1. The largest absolute Gasteiger partial charge is 0.419 e. The smallest absolute Gasteiger partial charge is 0.248 e. The summed E-state index contributed by atoms with van der Waals surface area (Å²) in [5, 5.41) is 11.5. The molecule has 2 aromatic rings. The molecule has 0 spiro atoms. The summed E-state index contributed by atoms with van der Waals surface area (Å²) in [5.41, 5.74) is 0.930. The van der Waals surface area contributed by atoms with Gasteiger partial charge in [0.2, 0.25) is 11.8 Å². The van der Waals surface area contributed by atoms with Crippen LogP contribution in [0.25, 0.3) is 11.5 Å². The molecule has 0 saturated heterocycles. The van der Waals surface area contributed by atoms with Crippen molar-refractivity contribution >= 4 is 15.9 Å². The highest BCUT2D eigenvalue weighted by Gasteiger charge is 2.20. The molecule has 0 bridgehead atoms. The first-order valence-corrected chi connectivity index (χ1v) is 7.40. The van der Waals surface area contributed by atoms with E-state index >= 15 is 0 Å². The molecule has 4 nitrogen and oxygen atoms in total. The third-order valence-electron chi connectivity index (χ3n) is 3.27. The highest BCUT2D eigenvalue weighted by Crippen LogP contribution is 2.31. The van der Waals surface area contributed by atoms with E-state index in [-0.39, 0.29) is 0 Å². The quantitative estimate of drug-likeness (QED) is 0.828. The van der Waals surface area contributed by atoms with Gasteiger partial charge in [0.25, 0.3) is 0 Å². The van der Waals surface area contributed by atoms with Crippen LogP contribution in [0.3, 0.4) is 0 Å². The zero-order chi connectivity index (χ0) is 13.1. The van der Waals surface area contributed by atoms with Gasteiger partial charge in [-0.25, -0.2) is 0 Å². The lowest BCUT2D eigenvalue weighted by molar-refractivity contribution is 0.472. The van der Waals surface area contributed by atoms with Gasteiger partial charge in [-0.3, -0.25) is 0 Å². The summed E-state index contributed by atoms with van der Waals surface area (Å²) in [7, 11) is 0. The van der Waals surface area contributed by atoms with E-state index in [1.807, 2.05) is 24.3 Å². The van der Waals surface area contributed by atoms with Gasteiger partial charge < -0.3 is 9.73 Å². The number of hydrogen-bond acceptors (Lipinski definition) is 4. The minimum absolute atomic E-state index is 0.562. The average Bonchev–Trinajstić information content (AvgIpc) is 3.13. The van der Waals surface area contributed by atoms with Gasteiger partial charge in [0.05, 0.1) is 12.1 Å². The summed E-state index contributed by atoms with van der Waals surface area (Å²) in [4.78, 5) is 0. The first-order valence-electron chi connectivity index (χ1n) is 6.61. The molecule has 1 aromatic carbocycles. The van der Waals surface area contributed by atoms with Crippen molar-refractivity contribution in [1.29, 1.82) is 0 Å². The van der Waals surface area contributed by atoms with Gasteiger partial charge in [-0.05, 0) is 46.9 Å².